The lowest BCUT2D eigenvalue weighted by atomic mass is 10.1. The van der Waals surface area contributed by atoms with Gasteiger partial charge in [-0.15, -0.1) is 28.3 Å². The van der Waals surface area contributed by atoms with Gasteiger partial charge in [-0.2, -0.15) is 4.99 Å². The number of benzene rings is 3. The molecule has 3 aromatic carbocycles. The number of aryl methyl sites for hydroxylation is 1. The number of halogens is 1. The number of hydrogen-bond acceptors (Lipinski definition) is 2. The van der Waals surface area contributed by atoms with Crippen molar-refractivity contribution in [3.05, 3.63) is 106 Å². The first-order valence-electron chi connectivity index (χ1n) is 8.69. The highest BCUT2D eigenvalue weighted by molar-refractivity contribution is 8.93. The Kier molecular flexibility index (Phi) is 6.39. The van der Waals surface area contributed by atoms with Gasteiger partial charge in [0.1, 0.15) is 0 Å². The van der Waals surface area contributed by atoms with Gasteiger partial charge in [0.25, 0.3) is 5.91 Å². The summed E-state index contributed by atoms with van der Waals surface area (Å²) in [5.74, 6) is -0.238. The number of carbonyl (C=O) groups excluding carboxylic acids is 1. The zero-order valence-electron chi connectivity index (χ0n) is 15.3. The van der Waals surface area contributed by atoms with Crippen LogP contribution >= 0.6 is 28.3 Å². The molecule has 0 saturated carbocycles. The van der Waals surface area contributed by atoms with Crippen LogP contribution in [0, 0.1) is 6.92 Å². The monoisotopic (exact) mass is 450 g/mol. The summed E-state index contributed by atoms with van der Waals surface area (Å²) in [6.07, 6.45) is 0. The van der Waals surface area contributed by atoms with Crippen molar-refractivity contribution in [2.75, 3.05) is 0 Å². The van der Waals surface area contributed by atoms with Crippen LogP contribution in [-0.4, -0.2) is 10.5 Å². The van der Waals surface area contributed by atoms with E-state index in [2.05, 4.69) is 41.6 Å². The van der Waals surface area contributed by atoms with Gasteiger partial charge in [0.15, 0.2) is 4.80 Å². The fraction of sp³-hybridized carbons (Fsp3) is 0.0435. The first-order chi connectivity index (χ1) is 13.2. The van der Waals surface area contributed by atoms with E-state index in [1.54, 1.807) is 12.1 Å². The van der Waals surface area contributed by atoms with Gasteiger partial charge in [0, 0.05) is 16.6 Å². The lowest BCUT2D eigenvalue weighted by molar-refractivity contribution is 0.0998. The Morgan fingerprint density at radius 2 is 1.46 bits per heavy atom. The number of hydrogen-bond donors (Lipinski definition) is 0. The second-order valence-electron chi connectivity index (χ2n) is 6.22. The molecule has 4 rings (SSSR count). The third-order valence-electron chi connectivity index (χ3n) is 4.29. The molecule has 0 unspecified atom stereocenters. The average molecular weight is 451 g/mol. The first kappa shape index (κ1) is 20.0. The quantitative estimate of drug-likeness (QED) is 0.386. The van der Waals surface area contributed by atoms with Gasteiger partial charge < -0.3 is 0 Å². The standard InChI is InChI=1S/C23H18N2OS.BrH/c1-17-12-14-18(15-13-17)21-16-27-23(25(21)20-10-6-3-7-11-20)24-22(26)19-8-4-2-5-9-19;/h2-16H,1H3;1H. The van der Waals surface area contributed by atoms with E-state index < -0.39 is 0 Å². The summed E-state index contributed by atoms with van der Waals surface area (Å²) in [5.41, 5.74) is 4.89. The summed E-state index contributed by atoms with van der Waals surface area (Å²) in [6.45, 7) is 2.07. The van der Waals surface area contributed by atoms with E-state index in [0.29, 0.717) is 10.4 Å². The molecule has 0 spiro atoms. The number of rotatable bonds is 3. The van der Waals surface area contributed by atoms with Gasteiger partial charge in [-0.05, 0) is 36.8 Å². The van der Waals surface area contributed by atoms with Crippen LogP contribution in [-0.2, 0) is 0 Å². The van der Waals surface area contributed by atoms with E-state index in [0.717, 1.165) is 16.9 Å². The summed E-state index contributed by atoms with van der Waals surface area (Å²) in [6, 6.07) is 27.5. The molecule has 0 aliphatic carbocycles. The molecule has 0 aliphatic heterocycles. The largest absolute Gasteiger partial charge is 0.285 e. The molecule has 5 heteroatoms. The van der Waals surface area contributed by atoms with Crippen molar-refractivity contribution in [3.63, 3.8) is 0 Å². The number of nitrogens with zero attached hydrogens (tertiary/aromatic N) is 2. The molecule has 0 N–H and O–H groups in total. The minimum atomic E-state index is -0.238. The third-order valence-corrected chi connectivity index (χ3v) is 5.11. The number of amides is 1. The molecule has 0 atom stereocenters. The van der Waals surface area contributed by atoms with Crippen molar-refractivity contribution in [2.45, 2.75) is 6.92 Å². The second-order valence-corrected chi connectivity index (χ2v) is 7.06. The van der Waals surface area contributed by atoms with Crippen molar-refractivity contribution >= 4 is 34.2 Å². The van der Waals surface area contributed by atoms with Gasteiger partial charge in [-0.3, -0.25) is 9.36 Å². The summed E-state index contributed by atoms with van der Waals surface area (Å²) in [4.78, 5) is 17.7. The summed E-state index contributed by atoms with van der Waals surface area (Å²) in [5, 5.41) is 2.05. The van der Waals surface area contributed by atoms with Crippen LogP contribution in [0.2, 0.25) is 0 Å². The lowest BCUT2D eigenvalue weighted by Gasteiger charge is -2.09. The van der Waals surface area contributed by atoms with Crippen molar-refractivity contribution in [1.82, 2.24) is 4.57 Å². The molecule has 1 heterocycles. The molecule has 0 radical (unpaired) electrons. The van der Waals surface area contributed by atoms with E-state index in [4.69, 9.17) is 0 Å². The van der Waals surface area contributed by atoms with E-state index in [9.17, 15) is 4.79 Å². The van der Waals surface area contributed by atoms with Crippen LogP contribution in [0.25, 0.3) is 16.9 Å². The molecule has 1 aromatic heterocycles. The summed E-state index contributed by atoms with van der Waals surface area (Å²) < 4.78 is 2.04. The second kappa shape index (κ2) is 8.95. The van der Waals surface area contributed by atoms with Crippen LogP contribution < -0.4 is 4.80 Å². The highest BCUT2D eigenvalue weighted by Gasteiger charge is 2.11. The van der Waals surface area contributed by atoms with Crippen molar-refractivity contribution in [3.8, 4) is 16.9 Å². The molecule has 1 amide bonds. The maximum absolute atomic E-state index is 12.6. The Morgan fingerprint density at radius 3 is 2.11 bits per heavy atom. The van der Waals surface area contributed by atoms with Gasteiger partial charge in [-0.1, -0.05) is 66.2 Å². The predicted octanol–water partition coefficient (Wildman–Crippen LogP) is 5.83. The third kappa shape index (κ3) is 4.21. The topological polar surface area (TPSA) is 34.4 Å². The van der Waals surface area contributed by atoms with Crippen LogP contribution in [0.15, 0.2) is 95.3 Å². The zero-order chi connectivity index (χ0) is 18.6. The van der Waals surface area contributed by atoms with Crippen molar-refractivity contribution in [1.29, 1.82) is 0 Å². The Bertz CT molecular complexity index is 1130. The molecule has 3 nitrogen and oxygen atoms in total. The molecular weight excluding hydrogens is 432 g/mol. The SMILES string of the molecule is Br.Cc1ccc(-c2csc(=NC(=O)c3ccccc3)n2-c2ccccc2)cc1. The molecule has 28 heavy (non-hydrogen) atoms. The maximum atomic E-state index is 12.6. The number of carbonyl (C=O) groups is 1. The van der Waals surface area contributed by atoms with Gasteiger partial charge in [0.2, 0.25) is 0 Å². The lowest BCUT2D eigenvalue weighted by Crippen LogP contribution is -2.16. The predicted molar refractivity (Wildman–Crippen MR) is 120 cm³/mol. The molecule has 140 valence electrons. The molecular formula is C23H19BrN2OS. The average Bonchev–Trinajstić information content (AvgIpc) is 3.13. The Balaban J connectivity index is 0.00000225. The number of para-hydroxylation sites is 1. The molecule has 4 aromatic rings. The van der Waals surface area contributed by atoms with Crippen LogP contribution in [0.1, 0.15) is 15.9 Å². The Hall–Kier alpha value is -2.76. The highest BCUT2D eigenvalue weighted by atomic mass is 79.9. The Morgan fingerprint density at radius 1 is 0.857 bits per heavy atom. The normalized spacial score (nSPS) is 11.1. The maximum Gasteiger partial charge on any atom is 0.279 e. The first-order valence-corrected chi connectivity index (χ1v) is 9.57. The van der Waals surface area contributed by atoms with E-state index >= 15 is 0 Å². The van der Waals surface area contributed by atoms with Crippen LogP contribution in [0.5, 0.6) is 0 Å². The highest BCUT2D eigenvalue weighted by Crippen LogP contribution is 2.24. The number of aromatic nitrogens is 1. The van der Waals surface area contributed by atoms with Crippen LogP contribution in [0.3, 0.4) is 0 Å². The molecule has 0 bridgehead atoms. The molecule has 0 aliphatic rings. The molecule has 0 saturated heterocycles. The van der Waals surface area contributed by atoms with E-state index in [1.807, 2.05) is 53.1 Å². The van der Waals surface area contributed by atoms with E-state index in [-0.39, 0.29) is 22.9 Å². The molecule has 0 fully saturated rings. The minimum absolute atomic E-state index is 0. The number of thiazole rings is 1. The van der Waals surface area contributed by atoms with Gasteiger partial charge >= 0.3 is 0 Å². The van der Waals surface area contributed by atoms with Gasteiger partial charge in [0.05, 0.1) is 5.69 Å². The summed E-state index contributed by atoms with van der Waals surface area (Å²) >= 11 is 1.47. The fourth-order valence-corrected chi connectivity index (χ4v) is 3.78. The zero-order valence-corrected chi connectivity index (χ0v) is 17.8. The fourth-order valence-electron chi connectivity index (χ4n) is 2.87. The van der Waals surface area contributed by atoms with Crippen molar-refractivity contribution < 1.29 is 4.79 Å². The Labute approximate surface area is 178 Å². The minimum Gasteiger partial charge on any atom is -0.285 e. The van der Waals surface area contributed by atoms with Gasteiger partial charge in [-0.25, -0.2) is 0 Å². The van der Waals surface area contributed by atoms with Crippen LogP contribution in [0.4, 0.5) is 0 Å². The van der Waals surface area contributed by atoms with Crippen molar-refractivity contribution in [2.24, 2.45) is 4.99 Å². The van der Waals surface area contributed by atoms with E-state index in [1.165, 1.54) is 16.9 Å². The smallest absolute Gasteiger partial charge is 0.279 e. The summed E-state index contributed by atoms with van der Waals surface area (Å²) in [7, 11) is 0.